The van der Waals surface area contributed by atoms with Gasteiger partial charge < -0.3 is 10.2 Å². The Labute approximate surface area is 190 Å². The van der Waals surface area contributed by atoms with Crippen molar-refractivity contribution in [2.24, 2.45) is 4.99 Å². The molecule has 0 unspecified atom stereocenters. The molecule has 0 saturated heterocycles. The third kappa shape index (κ3) is 4.65. The summed E-state index contributed by atoms with van der Waals surface area (Å²) in [5.74, 6) is 0.206. The minimum absolute atomic E-state index is 0.0665. The van der Waals surface area contributed by atoms with Crippen LogP contribution in [0.2, 0.25) is 0 Å². The lowest BCUT2D eigenvalue weighted by Gasteiger charge is -2.47. The van der Waals surface area contributed by atoms with Crippen molar-refractivity contribution in [3.8, 4) is 0 Å². The Morgan fingerprint density at radius 2 is 1.94 bits per heavy atom. The minimum Gasteiger partial charge on any atom is -0.349 e. The van der Waals surface area contributed by atoms with Crippen LogP contribution in [0.3, 0.4) is 0 Å². The van der Waals surface area contributed by atoms with Crippen LogP contribution in [0.1, 0.15) is 60.9 Å². The van der Waals surface area contributed by atoms with Gasteiger partial charge in [0.05, 0.1) is 6.54 Å². The van der Waals surface area contributed by atoms with Crippen molar-refractivity contribution >= 4 is 17.4 Å². The monoisotopic (exact) mass is 432 g/mol. The number of likely N-dealkylation sites (N-methyl/N-ethyl adjacent to an activating group) is 1. The third-order valence-electron chi connectivity index (χ3n) is 7.02. The molecule has 1 aliphatic heterocycles. The fourth-order valence-electron chi connectivity index (χ4n) is 4.64. The van der Waals surface area contributed by atoms with E-state index in [4.69, 9.17) is 0 Å². The van der Waals surface area contributed by atoms with Crippen LogP contribution in [0, 0.1) is 0 Å². The molecule has 1 fully saturated rings. The van der Waals surface area contributed by atoms with Crippen LogP contribution in [-0.4, -0.2) is 53.5 Å². The van der Waals surface area contributed by atoms with E-state index in [1.54, 1.807) is 6.20 Å². The standard InChI is InChI=1S/C26H32N4O2/c1-18(19-8-5-4-6-9-19)12-22(31)14-21-13-20-15-28-24(23(20)16-27-21)25(32)29-17-26(30(2)3)10-7-11-26/h4-6,8-9,13,16,18H,7,10-12,14-15,17H2,1-3H3,(H,29,32)/t18-/m0/s1. The summed E-state index contributed by atoms with van der Waals surface area (Å²) in [6.45, 7) is 3.17. The second-order valence-electron chi connectivity index (χ2n) is 9.38. The van der Waals surface area contributed by atoms with Gasteiger partial charge in [-0.15, -0.1) is 0 Å². The zero-order valence-electron chi connectivity index (χ0n) is 19.2. The molecule has 1 atom stereocenters. The quantitative estimate of drug-likeness (QED) is 0.660. The highest BCUT2D eigenvalue weighted by atomic mass is 16.2. The summed E-state index contributed by atoms with van der Waals surface area (Å²) < 4.78 is 0. The van der Waals surface area contributed by atoms with Crippen molar-refractivity contribution in [1.29, 1.82) is 0 Å². The Hall–Kier alpha value is -2.86. The van der Waals surface area contributed by atoms with Crippen LogP contribution in [0.25, 0.3) is 0 Å². The van der Waals surface area contributed by atoms with E-state index in [0.29, 0.717) is 31.6 Å². The molecular weight excluding hydrogens is 400 g/mol. The maximum absolute atomic E-state index is 12.8. The molecule has 2 heterocycles. The highest BCUT2D eigenvalue weighted by molar-refractivity contribution is 6.46. The maximum atomic E-state index is 12.8. The second kappa shape index (κ2) is 9.33. The van der Waals surface area contributed by atoms with Gasteiger partial charge in [0.1, 0.15) is 11.5 Å². The topological polar surface area (TPSA) is 74.7 Å². The first-order chi connectivity index (χ1) is 15.4. The van der Waals surface area contributed by atoms with Crippen molar-refractivity contribution in [1.82, 2.24) is 15.2 Å². The fraction of sp³-hybridized carbons (Fsp3) is 0.462. The van der Waals surface area contributed by atoms with Crippen LogP contribution in [-0.2, 0) is 22.6 Å². The van der Waals surface area contributed by atoms with Gasteiger partial charge >= 0.3 is 0 Å². The van der Waals surface area contributed by atoms with Crippen molar-refractivity contribution in [3.05, 3.63) is 65.0 Å². The summed E-state index contributed by atoms with van der Waals surface area (Å²) in [4.78, 5) is 36.6. The SMILES string of the molecule is C[C@@H](CC(=O)Cc1cc2c(cn1)C(C(=O)NCC1(N(C)C)CCC1)=NC2)c1ccccc1. The fourth-order valence-corrected chi connectivity index (χ4v) is 4.64. The number of aromatic nitrogens is 1. The smallest absolute Gasteiger partial charge is 0.270 e. The van der Waals surface area contributed by atoms with Crippen LogP contribution in [0.5, 0.6) is 0 Å². The number of ketones is 1. The highest BCUT2D eigenvalue weighted by Crippen LogP contribution is 2.35. The van der Waals surface area contributed by atoms with E-state index in [0.717, 1.165) is 29.7 Å². The Kier molecular flexibility index (Phi) is 6.51. The molecule has 0 bridgehead atoms. The van der Waals surface area contributed by atoms with E-state index in [1.165, 1.54) is 12.0 Å². The van der Waals surface area contributed by atoms with Gasteiger partial charge in [0.2, 0.25) is 0 Å². The number of hydrogen-bond donors (Lipinski definition) is 1. The molecule has 0 radical (unpaired) electrons. The number of carbonyl (C=O) groups is 2. The van der Waals surface area contributed by atoms with Gasteiger partial charge in [0.25, 0.3) is 5.91 Å². The van der Waals surface area contributed by atoms with Crippen LogP contribution < -0.4 is 5.32 Å². The summed E-state index contributed by atoms with van der Waals surface area (Å²) in [6, 6.07) is 12.0. The van der Waals surface area contributed by atoms with E-state index in [2.05, 4.69) is 53.3 Å². The van der Waals surface area contributed by atoms with E-state index >= 15 is 0 Å². The van der Waals surface area contributed by atoms with Crippen molar-refractivity contribution in [2.45, 2.75) is 57.0 Å². The zero-order chi connectivity index (χ0) is 22.7. The molecule has 6 nitrogen and oxygen atoms in total. The lowest BCUT2D eigenvalue weighted by Crippen LogP contribution is -2.57. The number of carbonyl (C=O) groups excluding carboxylic acids is 2. The first kappa shape index (κ1) is 22.3. The number of Topliss-reactive ketones (excluding diaryl/α,β-unsaturated/α-hetero) is 1. The van der Waals surface area contributed by atoms with Crippen LogP contribution >= 0.6 is 0 Å². The Morgan fingerprint density at radius 3 is 2.59 bits per heavy atom. The third-order valence-corrected chi connectivity index (χ3v) is 7.02. The lowest BCUT2D eigenvalue weighted by molar-refractivity contribution is -0.119. The van der Waals surface area contributed by atoms with Crippen LogP contribution in [0.4, 0.5) is 0 Å². The molecule has 1 aromatic carbocycles. The van der Waals surface area contributed by atoms with E-state index in [-0.39, 0.29) is 23.1 Å². The number of benzene rings is 1. The van der Waals surface area contributed by atoms with Crippen molar-refractivity contribution < 1.29 is 9.59 Å². The van der Waals surface area contributed by atoms with Crippen LogP contribution in [0.15, 0.2) is 47.6 Å². The molecule has 2 aromatic rings. The number of fused-ring (bicyclic) bond motifs is 1. The normalized spacial score (nSPS) is 17.3. The largest absolute Gasteiger partial charge is 0.349 e. The molecule has 1 amide bonds. The molecule has 6 heteroatoms. The van der Waals surface area contributed by atoms with Gasteiger partial charge in [-0.3, -0.25) is 19.6 Å². The first-order valence-electron chi connectivity index (χ1n) is 11.4. The number of rotatable bonds is 9. The Bertz CT molecular complexity index is 1030. The van der Waals surface area contributed by atoms with Crippen molar-refractivity contribution in [2.75, 3.05) is 20.6 Å². The number of nitrogens with zero attached hydrogens (tertiary/aromatic N) is 3. The molecule has 2 aliphatic rings. The van der Waals surface area contributed by atoms with Gasteiger partial charge in [-0.25, -0.2) is 0 Å². The minimum atomic E-state index is -0.140. The van der Waals surface area contributed by atoms with Gasteiger partial charge in [0, 0.05) is 42.4 Å². The summed E-state index contributed by atoms with van der Waals surface area (Å²) in [5.41, 5.74) is 4.18. The summed E-state index contributed by atoms with van der Waals surface area (Å²) in [6.07, 6.45) is 5.90. The summed E-state index contributed by atoms with van der Waals surface area (Å²) in [7, 11) is 4.14. The molecule has 168 valence electrons. The zero-order valence-corrected chi connectivity index (χ0v) is 19.2. The average molecular weight is 433 g/mol. The highest BCUT2D eigenvalue weighted by Gasteiger charge is 2.39. The average Bonchev–Trinajstić information content (AvgIpc) is 3.16. The molecule has 1 N–H and O–H groups in total. The molecule has 1 aromatic heterocycles. The molecule has 32 heavy (non-hydrogen) atoms. The number of aliphatic imine (C=N–C) groups is 1. The second-order valence-corrected chi connectivity index (χ2v) is 9.38. The maximum Gasteiger partial charge on any atom is 0.270 e. The molecule has 1 saturated carbocycles. The van der Waals surface area contributed by atoms with Gasteiger partial charge in [-0.1, -0.05) is 37.3 Å². The molecular formula is C26H32N4O2. The molecule has 0 spiro atoms. The van der Waals surface area contributed by atoms with E-state index < -0.39 is 0 Å². The Balaban J connectivity index is 1.34. The number of pyridine rings is 1. The van der Waals surface area contributed by atoms with Gasteiger partial charge in [-0.05, 0) is 56.5 Å². The van der Waals surface area contributed by atoms with Crippen molar-refractivity contribution in [3.63, 3.8) is 0 Å². The predicted molar refractivity (Wildman–Crippen MR) is 126 cm³/mol. The van der Waals surface area contributed by atoms with Gasteiger partial charge in [-0.2, -0.15) is 0 Å². The number of nitrogens with one attached hydrogen (secondary N) is 1. The summed E-state index contributed by atoms with van der Waals surface area (Å²) >= 11 is 0. The predicted octanol–water partition coefficient (Wildman–Crippen LogP) is 3.29. The molecule has 4 rings (SSSR count). The number of amides is 1. The lowest BCUT2D eigenvalue weighted by atomic mass is 9.75. The summed E-state index contributed by atoms with van der Waals surface area (Å²) in [5, 5.41) is 3.08. The Morgan fingerprint density at radius 1 is 1.19 bits per heavy atom. The number of hydrogen-bond acceptors (Lipinski definition) is 5. The van der Waals surface area contributed by atoms with E-state index in [9.17, 15) is 9.59 Å². The van der Waals surface area contributed by atoms with E-state index in [1.807, 2.05) is 24.3 Å². The molecule has 1 aliphatic carbocycles. The first-order valence-corrected chi connectivity index (χ1v) is 11.4. The van der Waals surface area contributed by atoms with Gasteiger partial charge in [0.15, 0.2) is 0 Å².